The van der Waals surface area contributed by atoms with Gasteiger partial charge in [-0.05, 0) is 11.6 Å². The lowest BCUT2D eigenvalue weighted by atomic mass is 10.1. The van der Waals surface area contributed by atoms with E-state index in [1.54, 1.807) is 30.5 Å². The maximum atomic E-state index is 11.9. The van der Waals surface area contributed by atoms with Gasteiger partial charge in [0, 0.05) is 18.2 Å². The number of carbonyl (C=O) groups excluding carboxylic acids is 2. The van der Waals surface area contributed by atoms with Crippen LogP contribution in [0.4, 0.5) is 0 Å². The predicted molar refractivity (Wildman–Crippen MR) is 74.8 cm³/mol. The fourth-order valence-corrected chi connectivity index (χ4v) is 1.71. The number of rotatable bonds is 4. The van der Waals surface area contributed by atoms with Crippen LogP contribution >= 0.6 is 0 Å². The van der Waals surface area contributed by atoms with E-state index in [1.165, 1.54) is 0 Å². The molecular formula is C16H13NO2. The first-order valence-electron chi connectivity index (χ1n) is 5.96. The van der Waals surface area contributed by atoms with E-state index in [2.05, 4.69) is 4.99 Å². The molecule has 0 saturated carbocycles. The molecule has 0 aliphatic carbocycles. The van der Waals surface area contributed by atoms with Crippen molar-refractivity contribution in [3.63, 3.8) is 0 Å². The summed E-state index contributed by atoms with van der Waals surface area (Å²) in [5.41, 5.74) is 1.79. The largest absolute Gasteiger partial charge is 0.298 e. The first kappa shape index (κ1) is 12.9. The molecule has 19 heavy (non-hydrogen) atoms. The Labute approximate surface area is 111 Å². The van der Waals surface area contributed by atoms with Crippen LogP contribution in [0.5, 0.6) is 0 Å². The second-order valence-electron chi connectivity index (χ2n) is 4.01. The highest BCUT2D eigenvalue weighted by Gasteiger charge is 2.07. The third-order valence-electron chi connectivity index (χ3n) is 2.70. The molecule has 0 unspecified atom stereocenters. The van der Waals surface area contributed by atoms with Crippen LogP contribution < -0.4 is 0 Å². The number of aldehydes is 1. The van der Waals surface area contributed by atoms with Gasteiger partial charge in [-0.15, -0.1) is 0 Å². The zero-order valence-corrected chi connectivity index (χ0v) is 10.3. The summed E-state index contributed by atoms with van der Waals surface area (Å²) in [5, 5.41) is 0. The van der Waals surface area contributed by atoms with Crippen molar-refractivity contribution >= 4 is 18.4 Å². The topological polar surface area (TPSA) is 46.5 Å². The van der Waals surface area contributed by atoms with E-state index in [-0.39, 0.29) is 0 Å². The first-order valence-corrected chi connectivity index (χ1v) is 5.96. The fraction of sp³-hybridized carbons (Fsp3) is 0.0625. The van der Waals surface area contributed by atoms with Gasteiger partial charge in [0.15, 0.2) is 6.29 Å². The lowest BCUT2D eigenvalue weighted by Gasteiger charge is -1.98. The van der Waals surface area contributed by atoms with Gasteiger partial charge < -0.3 is 0 Å². The summed E-state index contributed by atoms with van der Waals surface area (Å²) in [7, 11) is 0. The van der Waals surface area contributed by atoms with Gasteiger partial charge in [-0.25, -0.2) is 4.99 Å². The number of nitrogens with zero attached hydrogens (tertiary/aromatic N) is 1. The molecule has 2 rings (SSSR count). The molecule has 0 heterocycles. The third-order valence-corrected chi connectivity index (χ3v) is 2.70. The van der Waals surface area contributed by atoms with E-state index in [4.69, 9.17) is 0 Å². The van der Waals surface area contributed by atoms with Gasteiger partial charge in [0.05, 0.1) is 5.56 Å². The monoisotopic (exact) mass is 251 g/mol. The SMILES string of the molecule is O=Cc1ccccc1C(=O)N=CCc1ccccc1. The minimum atomic E-state index is -0.390. The summed E-state index contributed by atoms with van der Waals surface area (Å²) in [5.74, 6) is -0.390. The normalized spacial score (nSPS) is 10.5. The maximum Gasteiger partial charge on any atom is 0.277 e. The Hall–Kier alpha value is -2.55. The third kappa shape index (κ3) is 3.45. The van der Waals surface area contributed by atoms with E-state index < -0.39 is 5.91 Å². The molecule has 0 radical (unpaired) electrons. The van der Waals surface area contributed by atoms with Crippen LogP contribution in [0.3, 0.4) is 0 Å². The molecule has 3 nitrogen and oxygen atoms in total. The number of amides is 1. The van der Waals surface area contributed by atoms with Crippen molar-refractivity contribution in [2.45, 2.75) is 6.42 Å². The fourth-order valence-electron chi connectivity index (χ4n) is 1.71. The Kier molecular flexibility index (Phi) is 4.34. The highest BCUT2D eigenvalue weighted by atomic mass is 16.1. The van der Waals surface area contributed by atoms with Gasteiger partial charge in [-0.2, -0.15) is 0 Å². The molecule has 0 bridgehead atoms. The number of carbonyl (C=O) groups is 2. The molecule has 0 spiro atoms. The van der Waals surface area contributed by atoms with Crippen LogP contribution in [-0.2, 0) is 6.42 Å². The lowest BCUT2D eigenvalue weighted by molar-refractivity contribution is 0.0996. The summed E-state index contributed by atoms with van der Waals surface area (Å²) < 4.78 is 0. The minimum Gasteiger partial charge on any atom is -0.298 e. The van der Waals surface area contributed by atoms with Crippen molar-refractivity contribution in [2.75, 3.05) is 0 Å². The van der Waals surface area contributed by atoms with Gasteiger partial charge in [0.25, 0.3) is 5.91 Å². The molecule has 2 aromatic carbocycles. The zero-order chi connectivity index (χ0) is 13.5. The van der Waals surface area contributed by atoms with Crippen molar-refractivity contribution in [3.05, 3.63) is 71.3 Å². The van der Waals surface area contributed by atoms with Crippen LogP contribution in [-0.4, -0.2) is 18.4 Å². The zero-order valence-electron chi connectivity index (χ0n) is 10.3. The van der Waals surface area contributed by atoms with Gasteiger partial charge in [0.2, 0.25) is 0 Å². The van der Waals surface area contributed by atoms with Crippen molar-refractivity contribution in [2.24, 2.45) is 4.99 Å². The van der Waals surface area contributed by atoms with Crippen LogP contribution in [0.15, 0.2) is 59.6 Å². The Balaban J connectivity index is 2.07. The van der Waals surface area contributed by atoms with Crippen molar-refractivity contribution in [3.8, 4) is 0 Å². The van der Waals surface area contributed by atoms with E-state index in [0.29, 0.717) is 23.8 Å². The summed E-state index contributed by atoms with van der Waals surface area (Å²) in [4.78, 5) is 26.6. The molecule has 3 heteroatoms. The molecule has 0 fully saturated rings. The number of hydrogen-bond donors (Lipinski definition) is 0. The van der Waals surface area contributed by atoms with Crippen LogP contribution in [0.25, 0.3) is 0 Å². The molecule has 0 aliphatic rings. The van der Waals surface area contributed by atoms with E-state index in [9.17, 15) is 9.59 Å². The van der Waals surface area contributed by atoms with Gasteiger partial charge in [-0.1, -0.05) is 48.5 Å². The minimum absolute atomic E-state index is 0.335. The molecule has 94 valence electrons. The summed E-state index contributed by atoms with van der Waals surface area (Å²) in [6.07, 6.45) is 2.83. The second kappa shape index (κ2) is 6.40. The second-order valence-corrected chi connectivity index (χ2v) is 4.01. The van der Waals surface area contributed by atoms with E-state index >= 15 is 0 Å². The smallest absolute Gasteiger partial charge is 0.277 e. The Bertz CT molecular complexity index is 603. The average Bonchev–Trinajstić information content (AvgIpc) is 2.48. The van der Waals surface area contributed by atoms with Gasteiger partial charge in [0.1, 0.15) is 0 Å². The molecular weight excluding hydrogens is 238 g/mol. The number of benzene rings is 2. The summed E-state index contributed by atoms with van der Waals surface area (Å²) >= 11 is 0. The van der Waals surface area contributed by atoms with Crippen molar-refractivity contribution in [1.82, 2.24) is 0 Å². The Morgan fingerprint density at radius 3 is 2.42 bits per heavy atom. The lowest BCUT2D eigenvalue weighted by Crippen LogP contribution is -2.01. The molecule has 0 saturated heterocycles. The standard InChI is InChI=1S/C16H13NO2/c18-12-14-8-4-5-9-15(14)16(19)17-11-10-13-6-2-1-3-7-13/h1-9,11-12H,10H2. The molecule has 1 amide bonds. The predicted octanol–water partition coefficient (Wildman–Crippen LogP) is 2.95. The highest BCUT2D eigenvalue weighted by Crippen LogP contribution is 2.07. The van der Waals surface area contributed by atoms with Crippen molar-refractivity contribution < 1.29 is 9.59 Å². The average molecular weight is 251 g/mol. The molecule has 0 atom stereocenters. The van der Waals surface area contributed by atoms with Gasteiger partial charge >= 0.3 is 0 Å². The first-order chi connectivity index (χ1) is 9.31. The van der Waals surface area contributed by atoms with Crippen LogP contribution in [0, 0.1) is 0 Å². The highest BCUT2D eigenvalue weighted by molar-refractivity contribution is 6.04. The Morgan fingerprint density at radius 2 is 1.68 bits per heavy atom. The number of hydrogen-bond acceptors (Lipinski definition) is 2. The quantitative estimate of drug-likeness (QED) is 0.619. The van der Waals surface area contributed by atoms with Crippen LogP contribution in [0.1, 0.15) is 26.3 Å². The van der Waals surface area contributed by atoms with E-state index in [0.717, 1.165) is 5.56 Å². The Morgan fingerprint density at radius 1 is 1.00 bits per heavy atom. The maximum absolute atomic E-state index is 11.9. The summed E-state index contributed by atoms with van der Waals surface area (Å²) in [6.45, 7) is 0. The molecule has 0 N–H and O–H groups in total. The number of aliphatic imine (C=N–C) groups is 1. The van der Waals surface area contributed by atoms with Crippen LogP contribution in [0.2, 0.25) is 0 Å². The molecule has 2 aromatic rings. The summed E-state index contributed by atoms with van der Waals surface area (Å²) in [6, 6.07) is 16.4. The molecule has 0 aliphatic heterocycles. The molecule has 0 aromatic heterocycles. The van der Waals surface area contributed by atoms with Crippen molar-refractivity contribution in [1.29, 1.82) is 0 Å². The van der Waals surface area contributed by atoms with E-state index in [1.807, 2.05) is 30.3 Å². The van der Waals surface area contributed by atoms with Gasteiger partial charge in [-0.3, -0.25) is 9.59 Å².